The maximum Gasteiger partial charge on any atom is 0.0223 e. The molecule has 0 aliphatic carbocycles. The van der Waals surface area contributed by atoms with Gasteiger partial charge in [-0.3, -0.25) is 0 Å². The van der Waals surface area contributed by atoms with Gasteiger partial charge in [-0.15, -0.1) is 18.2 Å². The fourth-order valence-corrected chi connectivity index (χ4v) is 1.27. The van der Waals surface area contributed by atoms with Crippen LogP contribution < -0.4 is 5.11 Å². The van der Waals surface area contributed by atoms with Crippen LogP contribution in [0.4, 0.5) is 0 Å². The molecule has 0 aromatic carbocycles. The van der Waals surface area contributed by atoms with Crippen molar-refractivity contribution >= 4 is 11.6 Å². The van der Waals surface area contributed by atoms with Crippen LogP contribution >= 0.6 is 11.6 Å². The molecular formula is C9H18ClO-. The Morgan fingerprint density at radius 3 is 1.64 bits per heavy atom. The van der Waals surface area contributed by atoms with Gasteiger partial charge in [0.1, 0.15) is 0 Å². The van der Waals surface area contributed by atoms with Crippen molar-refractivity contribution in [3.63, 3.8) is 0 Å². The predicted octanol–water partition coefficient (Wildman–Crippen LogP) is 2.32. The summed E-state index contributed by atoms with van der Waals surface area (Å²) in [5.41, 5.74) is 0. The minimum absolute atomic E-state index is 0.0989. The quantitative estimate of drug-likeness (QED) is 0.412. The van der Waals surface area contributed by atoms with Crippen LogP contribution in [0.5, 0.6) is 0 Å². The third-order valence-corrected chi connectivity index (χ3v) is 2.05. The fourth-order valence-electron chi connectivity index (χ4n) is 1.08. The van der Waals surface area contributed by atoms with E-state index in [1.54, 1.807) is 0 Å². The molecule has 0 aromatic heterocycles. The van der Waals surface area contributed by atoms with E-state index < -0.39 is 0 Å². The standard InChI is InChI=1S/C9H18ClO/c10-8-6-4-2-1-3-5-7-9-11/h1-9H2/q-1. The van der Waals surface area contributed by atoms with E-state index in [9.17, 15) is 5.11 Å². The van der Waals surface area contributed by atoms with Gasteiger partial charge in [0.2, 0.25) is 0 Å². The van der Waals surface area contributed by atoms with Crippen LogP contribution in [0.25, 0.3) is 0 Å². The second-order valence-electron chi connectivity index (χ2n) is 2.87. The number of hydrogen-bond donors (Lipinski definition) is 0. The van der Waals surface area contributed by atoms with Gasteiger partial charge in [-0.1, -0.05) is 38.5 Å². The molecular weight excluding hydrogens is 160 g/mol. The Bertz CT molecular complexity index is 58.6. The lowest BCUT2D eigenvalue weighted by atomic mass is 10.1. The van der Waals surface area contributed by atoms with Crippen LogP contribution in [-0.2, 0) is 0 Å². The summed E-state index contributed by atoms with van der Waals surface area (Å²) in [4.78, 5) is 0. The van der Waals surface area contributed by atoms with Crippen LogP contribution in [-0.4, -0.2) is 12.5 Å². The molecule has 0 atom stereocenters. The maximum absolute atomic E-state index is 10.0. The lowest BCUT2D eigenvalue weighted by Crippen LogP contribution is -2.04. The molecule has 0 saturated heterocycles. The molecule has 68 valence electrons. The average Bonchev–Trinajstić information content (AvgIpc) is 2.03. The van der Waals surface area contributed by atoms with Gasteiger partial charge in [0, 0.05) is 5.88 Å². The molecule has 0 aliphatic heterocycles. The first-order chi connectivity index (χ1) is 5.41. The van der Waals surface area contributed by atoms with Crippen LogP contribution in [0.1, 0.15) is 44.9 Å². The fraction of sp³-hybridized carbons (Fsp3) is 1.00. The molecule has 0 bridgehead atoms. The van der Waals surface area contributed by atoms with E-state index in [2.05, 4.69) is 0 Å². The smallest absolute Gasteiger partial charge is 0.0223 e. The molecule has 0 N–H and O–H groups in total. The molecule has 0 aliphatic rings. The Morgan fingerprint density at radius 1 is 0.727 bits per heavy atom. The highest BCUT2D eigenvalue weighted by Crippen LogP contribution is 2.06. The highest BCUT2D eigenvalue weighted by Gasteiger charge is 1.88. The number of rotatable bonds is 8. The van der Waals surface area contributed by atoms with Crippen molar-refractivity contribution in [1.29, 1.82) is 0 Å². The largest absolute Gasteiger partial charge is 0.854 e. The van der Waals surface area contributed by atoms with Crippen LogP contribution in [0, 0.1) is 0 Å². The van der Waals surface area contributed by atoms with Gasteiger partial charge in [0.25, 0.3) is 0 Å². The summed E-state index contributed by atoms with van der Waals surface area (Å²) in [6.45, 7) is 0.0989. The van der Waals surface area contributed by atoms with E-state index in [-0.39, 0.29) is 6.61 Å². The topological polar surface area (TPSA) is 23.1 Å². The molecule has 0 radical (unpaired) electrons. The molecule has 1 nitrogen and oxygen atoms in total. The van der Waals surface area contributed by atoms with E-state index in [0.717, 1.165) is 25.1 Å². The summed E-state index contributed by atoms with van der Waals surface area (Å²) in [5.74, 6) is 0.792. The Kier molecular flexibility index (Phi) is 10.5. The highest BCUT2D eigenvalue weighted by molar-refractivity contribution is 6.17. The van der Waals surface area contributed by atoms with Crippen molar-refractivity contribution in [2.24, 2.45) is 0 Å². The van der Waals surface area contributed by atoms with E-state index in [1.165, 1.54) is 25.7 Å². The number of halogens is 1. The summed E-state index contributed by atoms with van der Waals surface area (Å²) in [6.07, 6.45) is 8.15. The van der Waals surface area contributed by atoms with Gasteiger partial charge in [-0.2, -0.15) is 0 Å². The van der Waals surface area contributed by atoms with E-state index in [4.69, 9.17) is 11.6 Å². The van der Waals surface area contributed by atoms with Crippen molar-refractivity contribution in [2.75, 3.05) is 12.5 Å². The van der Waals surface area contributed by atoms with Crippen LogP contribution in [0.2, 0.25) is 0 Å². The van der Waals surface area contributed by atoms with Crippen LogP contribution in [0.3, 0.4) is 0 Å². The monoisotopic (exact) mass is 177 g/mol. The summed E-state index contributed by atoms with van der Waals surface area (Å²) >= 11 is 5.52. The molecule has 11 heavy (non-hydrogen) atoms. The highest BCUT2D eigenvalue weighted by atomic mass is 35.5. The van der Waals surface area contributed by atoms with Crippen molar-refractivity contribution in [2.45, 2.75) is 44.9 Å². The molecule has 2 heteroatoms. The van der Waals surface area contributed by atoms with E-state index in [0.29, 0.717) is 0 Å². The zero-order valence-electron chi connectivity index (χ0n) is 7.15. The van der Waals surface area contributed by atoms with Crippen molar-refractivity contribution < 1.29 is 5.11 Å². The predicted molar refractivity (Wildman–Crippen MR) is 47.9 cm³/mol. The van der Waals surface area contributed by atoms with Gasteiger partial charge in [0.15, 0.2) is 0 Å². The zero-order chi connectivity index (χ0) is 8.36. The SMILES string of the molecule is [O-]CCCCCCCCCCl. The lowest BCUT2D eigenvalue weighted by Gasteiger charge is -2.02. The van der Waals surface area contributed by atoms with Gasteiger partial charge < -0.3 is 5.11 Å². The molecule has 0 heterocycles. The van der Waals surface area contributed by atoms with Gasteiger partial charge in [0.05, 0.1) is 0 Å². The first-order valence-electron chi connectivity index (χ1n) is 4.56. The molecule has 0 aromatic rings. The summed E-state index contributed by atoms with van der Waals surface area (Å²) in [6, 6.07) is 0. The molecule has 0 saturated carbocycles. The van der Waals surface area contributed by atoms with Crippen LogP contribution in [0.15, 0.2) is 0 Å². The molecule has 0 spiro atoms. The summed E-state index contributed by atoms with van der Waals surface area (Å²) < 4.78 is 0. The van der Waals surface area contributed by atoms with Gasteiger partial charge in [-0.05, 0) is 6.42 Å². The minimum atomic E-state index is 0.0989. The second-order valence-corrected chi connectivity index (χ2v) is 3.25. The Morgan fingerprint density at radius 2 is 1.18 bits per heavy atom. The summed E-state index contributed by atoms with van der Waals surface area (Å²) in [7, 11) is 0. The van der Waals surface area contributed by atoms with Gasteiger partial charge >= 0.3 is 0 Å². The molecule has 0 fully saturated rings. The number of unbranched alkanes of at least 4 members (excludes halogenated alkanes) is 6. The average molecular weight is 178 g/mol. The zero-order valence-corrected chi connectivity index (χ0v) is 7.91. The van der Waals surface area contributed by atoms with Gasteiger partial charge in [-0.25, -0.2) is 0 Å². The van der Waals surface area contributed by atoms with E-state index >= 15 is 0 Å². The van der Waals surface area contributed by atoms with Crippen molar-refractivity contribution in [3.8, 4) is 0 Å². The Labute approximate surface area is 74.8 Å². The first-order valence-corrected chi connectivity index (χ1v) is 5.09. The Balaban J connectivity index is 2.69. The summed E-state index contributed by atoms with van der Waals surface area (Å²) in [5, 5.41) is 10.0. The normalized spacial score (nSPS) is 10.4. The third-order valence-electron chi connectivity index (χ3n) is 1.78. The molecule has 0 rings (SSSR count). The third kappa shape index (κ3) is 10.2. The lowest BCUT2D eigenvalue weighted by molar-refractivity contribution is -0.368. The van der Waals surface area contributed by atoms with E-state index in [1.807, 2.05) is 0 Å². The minimum Gasteiger partial charge on any atom is -0.854 e. The number of hydrogen-bond acceptors (Lipinski definition) is 1. The van der Waals surface area contributed by atoms with Crippen molar-refractivity contribution in [1.82, 2.24) is 0 Å². The van der Waals surface area contributed by atoms with Crippen molar-refractivity contribution in [3.05, 3.63) is 0 Å². The molecule has 0 unspecified atom stereocenters. The molecule has 0 amide bonds. The maximum atomic E-state index is 10.0. The Hall–Kier alpha value is 0.250. The second kappa shape index (κ2) is 10.2. The number of alkyl halides is 1. The first kappa shape index (κ1) is 11.2.